The standard InChI is InChI=1S/C13H12F3N3/c1-8-7-18-12(17-2)19-11(8)9-3-5-10(6-4-9)13(14,15)16/h3-7H,1-2H3,(H,17,18,19). The summed E-state index contributed by atoms with van der Waals surface area (Å²) in [5.41, 5.74) is 1.38. The van der Waals surface area contributed by atoms with Crippen molar-refractivity contribution in [3.63, 3.8) is 0 Å². The zero-order valence-electron chi connectivity index (χ0n) is 10.4. The van der Waals surface area contributed by atoms with E-state index in [0.29, 0.717) is 17.2 Å². The highest BCUT2D eigenvalue weighted by molar-refractivity contribution is 5.64. The Balaban J connectivity index is 2.42. The topological polar surface area (TPSA) is 37.8 Å². The van der Waals surface area contributed by atoms with Gasteiger partial charge in [0, 0.05) is 18.8 Å². The molecule has 1 aromatic carbocycles. The summed E-state index contributed by atoms with van der Waals surface area (Å²) in [6, 6.07) is 4.93. The van der Waals surface area contributed by atoms with Crippen LogP contribution in [0.4, 0.5) is 19.1 Å². The third kappa shape index (κ3) is 2.83. The Morgan fingerprint density at radius 2 is 1.74 bits per heavy atom. The third-order valence-corrected chi connectivity index (χ3v) is 2.68. The molecule has 0 aliphatic carbocycles. The van der Waals surface area contributed by atoms with E-state index in [1.54, 1.807) is 13.2 Å². The SMILES string of the molecule is CNc1ncc(C)c(-c2ccc(C(F)(F)F)cc2)n1. The molecule has 0 spiro atoms. The summed E-state index contributed by atoms with van der Waals surface area (Å²) in [6.07, 6.45) is -2.69. The lowest BCUT2D eigenvalue weighted by Crippen LogP contribution is -2.04. The van der Waals surface area contributed by atoms with Gasteiger partial charge in [0.1, 0.15) is 0 Å². The minimum absolute atomic E-state index is 0.431. The number of hydrogen-bond donors (Lipinski definition) is 1. The molecule has 2 rings (SSSR count). The van der Waals surface area contributed by atoms with E-state index in [2.05, 4.69) is 15.3 Å². The van der Waals surface area contributed by atoms with E-state index < -0.39 is 11.7 Å². The molecule has 0 fully saturated rings. The first-order valence-corrected chi connectivity index (χ1v) is 5.61. The maximum atomic E-state index is 12.5. The zero-order chi connectivity index (χ0) is 14.0. The molecule has 1 N–H and O–H groups in total. The molecule has 0 aliphatic heterocycles. The van der Waals surface area contributed by atoms with Crippen LogP contribution < -0.4 is 5.32 Å². The predicted octanol–water partition coefficient (Wildman–Crippen LogP) is 3.51. The second-order valence-corrected chi connectivity index (χ2v) is 4.05. The van der Waals surface area contributed by atoms with Crippen LogP contribution in [0.5, 0.6) is 0 Å². The fraction of sp³-hybridized carbons (Fsp3) is 0.231. The zero-order valence-corrected chi connectivity index (χ0v) is 10.4. The molecule has 0 aliphatic rings. The Bertz CT molecular complexity index is 577. The van der Waals surface area contributed by atoms with Crippen LogP contribution in [0, 0.1) is 6.92 Å². The molecule has 1 aromatic heterocycles. The first-order chi connectivity index (χ1) is 8.91. The van der Waals surface area contributed by atoms with Crippen molar-refractivity contribution in [1.29, 1.82) is 0 Å². The lowest BCUT2D eigenvalue weighted by Gasteiger charge is -2.09. The molecule has 0 saturated carbocycles. The summed E-state index contributed by atoms with van der Waals surface area (Å²) in [5, 5.41) is 2.80. The summed E-state index contributed by atoms with van der Waals surface area (Å²) in [4.78, 5) is 8.29. The van der Waals surface area contributed by atoms with Crippen LogP contribution in [0.1, 0.15) is 11.1 Å². The van der Waals surface area contributed by atoms with Crippen LogP contribution in [-0.4, -0.2) is 17.0 Å². The normalized spacial score (nSPS) is 11.4. The molecule has 19 heavy (non-hydrogen) atoms. The van der Waals surface area contributed by atoms with Gasteiger partial charge in [0.25, 0.3) is 0 Å². The Morgan fingerprint density at radius 3 is 2.26 bits per heavy atom. The van der Waals surface area contributed by atoms with Crippen LogP contribution in [-0.2, 0) is 6.18 Å². The van der Waals surface area contributed by atoms with Crippen molar-refractivity contribution >= 4 is 5.95 Å². The van der Waals surface area contributed by atoms with Gasteiger partial charge >= 0.3 is 6.18 Å². The van der Waals surface area contributed by atoms with Gasteiger partial charge in [0.2, 0.25) is 5.95 Å². The van der Waals surface area contributed by atoms with Crippen molar-refractivity contribution in [1.82, 2.24) is 9.97 Å². The first-order valence-electron chi connectivity index (χ1n) is 5.61. The van der Waals surface area contributed by atoms with E-state index in [9.17, 15) is 13.2 Å². The molecule has 0 radical (unpaired) electrons. The Morgan fingerprint density at radius 1 is 1.11 bits per heavy atom. The second kappa shape index (κ2) is 4.87. The molecule has 0 bridgehead atoms. The van der Waals surface area contributed by atoms with E-state index in [4.69, 9.17) is 0 Å². The average molecular weight is 267 g/mol. The second-order valence-electron chi connectivity index (χ2n) is 4.05. The highest BCUT2D eigenvalue weighted by Crippen LogP contribution is 2.31. The molecule has 1 heterocycles. The molecule has 0 amide bonds. The summed E-state index contributed by atoms with van der Waals surface area (Å²) in [6.45, 7) is 1.81. The number of aryl methyl sites for hydroxylation is 1. The molecule has 3 nitrogen and oxygen atoms in total. The van der Waals surface area contributed by atoms with Crippen molar-refractivity contribution in [2.24, 2.45) is 0 Å². The maximum Gasteiger partial charge on any atom is 0.416 e. The van der Waals surface area contributed by atoms with Crippen molar-refractivity contribution in [3.05, 3.63) is 41.6 Å². The van der Waals surface area contributed by atoms with Crippen molar-refractivity contribution in [2.75, 3.05) is 12.4 Å². The Kier molecular flexibility index (Phi) is 3.42. The molecular formula is C13H12F3N3. The van der Waals surface area contributed by atoms with Gasteiger partial charge in [-0.25, -0.2) is 9.97 Å². The van der Waals surface area contributed by atoms with Gasteiger partial charge in [-0.1, -0.05) is 12.1 Å². The lowest BCUT2D eigenvalue weighted by molar-refractivity contribution is -0.137. The van der Waals surface area contributed by atoms with Crippen LogP contribution >= 0.6 is 0 Å². The van der Waals surface area contributed by atoms with Crippen LogP contribution in [0.3, 0.4) is 0 Å². The van der Waals surface area contributed by atoms with Crippen LogP contribution in [0.2, 0.25) is 0 Å². The number of aromatic nitrogens is 2. The van der Waals surface area contributed by atoms with Gasteiger partial charge < -0.3 is 5.32 Å². The maximum absolute atomic E-state index is 12.5. The van der Waals surface area contributed by atoms with E-state index in [1.165, 1.54) is 12.1 Å². The quantitative estimate of drug-likeness (QED) is 0.904. The molecule has 0 saturated heterocycles. The Labute approximate surface area is 108 Å². The van der Waals surface area contributed by atoms with Gasteiger partial charge in [-0.2, -0.15) is 13.2 Å². The molecule has 2 aromatic rings. The lowest BCUT2D eigenvalue weighted by atomic mass is 10.1. The third-order valence-electron chi connectivity index (χ3n) is 2.68. The highest BCUT2D eigenvalue weighted by Gasteiger charge is 2.30. The van der Waals surface area contributed by atoms with Gasteiger partial charge in [-0.05, 0) is 24.6 Å². The number of benzene rings is 1. The average Bonchev–Trinajstić information content (AvgIpc) is 2.38. The van der Waals surface area contributed by atoms with Gasteiger partial charge in [-0.15, -0.1) is 0 Å². The molecule has 0 atom stereocenters. The smallest absolute Gasteiger partial charge is 0.357 e. The minimum atomic E-state index is -4.32. The summed E-state index contributed by atoms with van der Waals surface area (Å²) >= 11 is 0. The van der Waals surface area contributed by atoms with Gasteiger partial charge in [0.15, 0.2) is 0 Å². The molecule has 6 heteroatoms. The van der Waals surface area contributed by atoms with Gasteiger partial charge in [-0.3, -0.25) is 0 Å². The molecule has 0 unspecified atom stereocenters. The monoisotopic (exact) mass is 267 g/mol. The number of rotatable bonds is 2. The van der Waals surface area contributed by atoms with E-state index >= 15 is 0 Å². The van der Waals surface area contributed by atoms with E-state index in [1.807, 2.05) is 6.92 Å². The summed E-state index contributed by atoms with van der Waals surface area (Å²) in [7, 11) is 1.68. The summed E-state index contributed by atoms with van der Waals surface area (Å²) in [5.74, 6) is 0.431. The fourth-order valence-electron chi connectivity index (χ4n) is 1.67. The van der Waals surface area contributed by atoms with Crippen LogP contribution in [0.25, 0.3) is 11.3 Å². The number of nitrogens with zero attached hydrogens (tertiary/aromatic N) is 2. The van der Waals surface area contributed by atoms with Crippen molar-refractivity contribution in [3.8, 4) is 11.3 Å². The number of alkyl halides is 3. The Hall–Kier alpha value is -2.11. The largest absolute Gasteiger partial charge is 0.416 e. The van der Waals surface area contributed by atoms with Crippen molar-refractivity contribution < 1.29 is 13.2 Å². The van der Waals surface area contributed by atoms with Crippen molar-refractivity contribution in [2.45, 2.75) is 13.1 Å². The van der Waals surface area contributed by atoms with E-state index in [-0.39, 0.29) is 0 Å². The predicted molar refractivity (Wildman–Crippen MR) is 66.8 cm³/mol. The summed E-state index contributed by atoms with van der Waals surface area (Å²) < 4.78 is 37.5. The minimum Gasteiger partial charge on any atom is -0.357 e. The number of halogens is 3. The van der Waals surface area contributed by atoms with Gasteiger partial charge in [0.05, 0.1) is 11.3 Å². The number of hydrogen-bond acceptors (Lipinski definition) is 3. The number of nitrogens with one attached hydrogen (secondary N) is 1. The van der Waals surface area contributed by atoms with Crippen LogP contribution in [0.15, 0.2) is 30.5 Å². The highest BCUT2D eigenvalue weighted by atomic mass is 19.4. The fourth-order valence-corrected chi connectivity index (χ4v) is 1.67. The molecule has 100 valence electrons. The molecular weight excluding hydrogens is 255 g/mol. The first kappa shape index (κ1) is 13.3. The van der Waals surface area contributed by atoms with E-state index in [0.717, 1.165) is 17.7 Å². The number of anilines is 1.